The van der Waals surface area contributed by atoms with Gasteiger partial charge in [-0.15, -0.1) is 0 Å². The highest BCUT2D eigenvalue weighted by molar-refractivity contribution is 6.23. The number of amides is 4. The minimum Gasteiger partial charge on any atom is -0.393 e. The van der Waals surface area contributed by atoms with Gasteiger partial charge in [0.15, 0.2) is 0 Å². The molecule has 136 valence electrons. The van der Waals surface area contributed by atoms with Crippen molar-refractivity contribution in [3.05, 3.63) is 29.3 Å². The topological polar surface area (TPSA) is 107 Å². The molecule has 1 aromatic rings. The molecular formula is C18H19N3O5. The van der Waals surface area contributed by atoms with E-state index in [1.54, 1.807) is 18.2 Å². The van der Waals surface area contributed by atoms with Crippen LogP contribution in [0.1, 0.15) is 46.4 Å². The van der Waals surface area contributed by atoms with E-state index in [4.69, 9.17) is 0 Å². The lowest BCUT2D eigenvalue weighted by molar-refractivity contribution is -0.136. The van der Waals surface area contributed by atoms with Gasteiger partial charge in [0, 0.05) is 25.2 Å². The Morgan fingerprint density at radius 3 is 2.35 bits per heavy atom. The van der Waals surface area contributed by atoms with E-state index in [0.29, 0.717) is 25.9 Å². The lowest BCUT2D eigenvalue weighted by atomic mass is 10.0. The summed E-state index contributed by atoms with van der Waals surface area (Å²) in [5, 5.41) is 11.8. The maximum absolute atomic E-state index is 12.8. The Morgan fingerprint density at radius 2 is 1.65 bits per heavy atom. The van der Waals surface area contributed by atoms with Gasteiger partial charge in [-0.1, -0.05) is 0 Å². The second-order valence-corrected chi connectivity index (χ2v) is 6.90. The molecule has 0 spiro atoms. The number of piperidine rings is 2. The zero-order chi connectivity index (χ0) is 18.4. The van der Waals surface area contributed by atoms with Gasteiger partial charge in [-0.25, -0.2) is 0 Å². The summed E-state index contributed by atoms with van der Waals surface area (Å²) in [4.78, 5) is 51.9. The lowest BCUT2D eigenvalue weighted by Crippen LogP contribution is -2.54. The minimum absolute atomic E-state index is 0.102. The van der Waals surface area contributed by atoms with E-state index in [2.05, 4.69) is 10.2 Å². The summed E-state index contributed by atoms with van der Waals surface area (Å²) >= 11 is 0. The Labute approximate surface area is 149 Å². The number of imide groups is 2. The molecule has 4 amide bonds. The molecule has 8 heteroatoms. The number of hydrogen-bond acceptors (Lipinski definition) is 6. The molecule has 2 fully saturated rings. The summed E-state index contributed by atoms with van der Waals surface area (Å²) < 4.78 is 0. The van der Waals surface area contributed by atoms with E-state index in [1.807, 2.05) is 0 Å². The van der Waals surface area contributed by atoms with Gasteiger partial charge in [-0.3, -0.25) is 29.4 Å². The molecule has 3 heterocycles. The average molecular weight is 357 g/mol. The molecule has 2 N–H and O–H groups in total. The smallest absolute Gasteiger partial charge is 0.262 e. The van der Waals surface area contributed by atoms with Crippen molar-refractivity contribution in [2.45, 2.75) is 37.8 Å². The number of carbonyl (C=O) groups is 4. The number of carbonyl (C=O) groups excluding carboxylic acids is 4. The summed E-state index contributed by atoms with van der Waals surface area (Å²) in [5.74, 6) is -2.00. The molecule has 2 saturated heterocycles. The van der Waals surface area contributed by atoms with E-state index in [0.717, 1.165) is 10.6 Å². The number of nitrogens with one attached hydrogen (secondary N) is 1. The predicted molar refractivity (Wildman–Crippen MR) is 90.6 cm³/mol. The van der Waals surface area contributed by atoms with Crippen LogP contribution in [0.2, 0.25) is 0 Å². The van der Waals surface area contributed by atoms with Crippen LogP contribution in [0.5, 0.6) is 0 Å². The first kappa shape index (κ1) is 16.7. The number of benzene rings is 1. The number of anilines is 1. The van der Waals surface area contributed by atoms with Crippen molar-refractivity contribution in [3.8, 4) is 0 Å². The zero-order valence-electron chi connectivity index (χ0n) is 14.1. The maximum atomic E-state index is 12.8. The molecule has 3 aliphatic rings. The fourth-order valence-electron chi connectivity index (χ4n) is 3.78. The van der Waals surface area contributed by atoms with Gasteiger partial charge in [0.05, 0.1) is 17.2 Å². The van der Waals surface area contributed by atoms with E-state index < -0.39 is 29.7 Å². The van der Waals surface area contributed by atoms with Gasteiger partial charge in [0.2, 0.25) is 11.8 Å². The van der Waals surface area contributed by atoms with Crippen molar-refractivity contribution in [2.75, 3.05) is 18.0 Å². The van der Waals surface area contributed by atoms with Crippen molar-refractivity contribution in [1.29, 1.82) is 0 Å². The van der Waals surface area contributed by atoms with Gasteiger partial charge in [-0.2, -0.15) is 0 Å². The highest BCUT2D eigenvalue weighted by Crippen LogP contribution is 2.31. The molecule has 1 unspecified atom stereocenters. The van der Waals surface area contributed by atoms with Crippen LogP contribution in [-0.4, -0.2) is 58.9 Å². The first-order chi connectivity index (χ1) is 12.5. The highest BCUT2D eigenvalue weighted by Gasteiger charge is 2.44. The Kier molecular flexibility index (Phi) is 3.99. The van der Waals surface area contributed by atoms with E-state index in [1.165, 1.54) is 0 Å². The average Bonchev–Trinajstić information content (AvgIpc) is 2.87. The van der Waals surface area contributed by atoms with E-state index in [9.17, 15) is 24.3 Å². The molecule has 0 saturated carbocycles. The third-order valence-electron chi connectivity index (χ3n) is 5.25. The number of aliphatic hydroxyl groups is 1. The zero-order valence-corrected chi connectivity index (χ0v) is 14.1. The van der Waals surface area contributed by atoms with Crippen molar-refractivity contribution < 1.29 is 24.3 Å². The third kappa shape index (κ3) is 2.66. The van der Waals surface area contributed by atoms with Gasteiger partial charge in [0.1, 0.15) is 6.04 Å². The van der Waals surface area contributed by atoms with E-state index in [-0.39, 0.29) is 30.1 Å². The van der Waals surface area contributed by atoms with Crippen molar-refractivity contribution >= 4 is 29.3 Å². The van der Waals surface area contributed by atoms with Crippen LogP contribution in [0.25, 0.3) is 0 Å². The molecule has 1 aromatic carbocycles. The second-order valence-electron chi connectivity index (χ2n) is 6.90. The van der Waals surface area contributed by atoms with E-state index >= 15 is 0 Å². The van der Waals surface area contributed by atoms with Gasteiger partial charge < -0.3 is 10.0 Å². The van der Waals surface area contributed by atoms with Crippen LogP contribution in [0.3, 0.4) is 0 Å². The summed E-state index contributed by atoms with van der Waals surface area (Å²) in [6.07, 6.45) is 1.27. The number of nitrogens with zero attached hydrogens (tertiary/aromatic N) is 2. The normalized spacial score (nSPS) is 24.1. The van der Waals surface area contributed by atoms with Gasteiger partial charge in [-0.05, 0) is 37.5 Å². The van der Waals surface area contributed by atoms with Crippen LogP contribution in [0, 0.1) is 0 Å². The molecule has 0 radical (unpaired) electrons. The van der Waals surface area contributed by atoms with Crippen LogP contribution in [-0.2, 0) is 9.59 Å². The summed E-state index contributed by atoms with van der Waals surface area (Å²) in [5.41, 5.74) is 1.38. The Morgan fingerprint density at radius 1 is 0.962 bits per heavy atom. The molecule has 3 aliphatic heterocycles. The number of fused-ring (bicyclic) bond motifs is 1. The highest BCUT2D eigenvalue weighted by atomic mass is 16.3. The number of hydrogen-bond donors (Lipinski definition) is 2. The third-order valence-corrected chi connectivity index (χ3v) is 5.25. The van der Waals surface area contributed by atoms with Crippen LogP contribution in [0.4, 0.5) is 5.69 Å². The van der Waals surface area contributed by atoms with Gasteiger partial charge in [0.25, 0.3) is 11.8 Å². The fraction of sp³-hybridized carbons (Fsp3) is 0.444. The Hall–Kier alpha value is -2.74. The molecule has 0 bridgehead atoms. The monoisotopic (exact) mass is 357 g/mol. The summed E-state index contributed by atoms with van der Waals surface area (Å²) in [6.45, 7) is 1.36. The number of rotatable bonds is 2. The molecule has 0 aromatic heterocycles. The second kappa shape index (κ2) is 6.21. The maximum Gasteiger partial charge on any atom is 0.262 e. The Balaban J connectivity index is 1.60. The first-order valence-electron chi connectivity index (χ1n) is 8.74. The SMILES string of the molecule is O=C1CCC(N2C(=O)c3ccc(N4CCC(O)CC4)cc3C2=O)C(=O)N1. The molecule has 0 aliphatic carbocycles. The van der Waals surface area contributed by atoms with Crippen molar-refractivity contribution in [2.24, 2.45) is 0 Å². The summed E-state index contributed by atoms with van der Waals surface area (Å²) in [6, 6.07) is 4.13. The quantitative estimate of drug-likeness (QED) is 0.724. The molecule has 1 atom stereocenters. The van der Waals surface area contributed by atoms with Crippen LogP contribution >= 0.6 is 0 Å². The Bertz CT molecular complexity index is 813. The molecule has 26 heavy (non-hydrogen) atoms. The fourth-order valence-corrected chi connectivity index (χ4v) is 3.78. The standard InChI is InChI=1S/C18H19N3O5/c22-11-5-7-20(8-6-11)10-1-2-12-13(9-10)18(26)21(17(12)25)14-3-4-15(23)19-16(14)24/h1-2,9,11,14,22H,3-8H2,(H,19,23,24). The predicted octanol–water partition coefficient (Wildman–Crippen LogP) is 0.0489. The van der Waals surface area contributed by atoms with Crippen molar-refractivity contribution in [3.63, 3.8) is 0 Å². The first-order valence-corrected chi connectivity index (χ1v) is 8.74. The summed E-state index contributed by atoms with van der Waals surface area (Å²) in [7, 11) is 0. The molecular weight excluding hydrogens is 338 g/mol. The molecule has 8 nitrogen and oxygen atoms in total. The lowest BCUT2D eigenvalue weighted by Gasteiger charge is -2.31. The molecule has 4 rings (SSSR count). The van der Waals surface area contributed by atoms with Gasteiger partial charge >= 0.3 is 0 Å². The van der Waals surface area contributed by atoms with Crippen LogP contribution in [0.15, 0.2) is 18.2 Å². The van der Waals surface area contributed by atoms with Crippen molar-refractivity contribution in [1.82, 2.24) is 10.2 Å². The largest absolute Gasteiger partial charge is 0.393 e. The number of aliphatic hydroxyl groups excluding tert-OH is 1. The van der Waals surface area contributed by atoms with Crippen LogP contribution < -0.4 is 10.2 Å². The minimum atomic E-state index is -0.950.